The number of phenolic OH excluding ortho intramolecular Hbond substituents is 1. The maximum Gasteiger partial charge on any atom is 0.235 e. The fourth-order valence-electron chi connectivity index (χ4n) is 7.30. The van der Waals surface area contributed by atoms with Crippen LogP contribution in [0.25, 0.3) is 0 Å². The van der Waals surface area contributed by atoms with E-state index >= 15 is 0 Å². The number of carbonyl (C=O) groups is 5. The minimum atomic E-state index is -2.75. The summed E-state index contributed by atoms with van der Waals surface area (Å²) in [7, 11) is 6.73. The van der Waals surface area contributed by atoms with Crippen LogP contribution < -0.4 is 16.0 Å². The molecule has 2 saturated carbocycles. The Morgan fingerprint density at radius 3 is 2.33 bits per heavy atom. The number of aliphatic hydroxyl groups is 1. The van der Waals surface area contributed by atoms with Crippen molar-refractivity contribution in [2.75, 3.05) is 33.1 Å². The first-order chi connectivity index (χ1) is 20.1. The number of ketones is 4. The quantitative estimate of drug-likeness (QED) is 0.326. The molecule has 0 radical (unpaired) electrons. The largest absolute Gasteiger partial charge is 0.507 e. The number of nitrogens with two attached hydrogens (primary N) is 1. The smallest absolute Gasteiger partial charge is 0.235 e. The predicted octanol–water partition coefficient (Wildman–Crippen LogP) is 0.433. The Morgan fingerprint density at radius 2 is 1.77 bits per heavy atom. The highest BCUT2D eigenvalue weighted by atomic mass is 16.3. The Kier molecular flexibility index (Phi) is 7.60. The number of phenols is 1. The van der Waals surface area contributed by atoms with E-state index in [-0.39, 0.29) is 30.7 Å². The van der Waals surface area contributed by atoms with Crippen molar-refractivity contribution < 1.29 is 38.6 Å². The van der Waals surface area contributed by atoms with E-state index in [4.69, 9.17) is 10.2 Å². The van der Waals surface area contributed by atoms with Gasteiger partial charge in [-0.3, -0.25) is 28.9 Å². The molecule has 2 aromatic rings. The van der Waals surface area contributed by atoms with Crippen LogP contribution in [0.3, 0.4) is 0 Å². The Hall–Kier alpha value is -3.87. The average molecular weight is 595 g/mol. The van der Waals surface area contributed by atoms with Gasteiger partial charge in [0.05, 0.1) is 24.1 Å². The standard InChI is InChI=1S/C31H38N4O8/c1-13-7-17(43-14(13)2)12-33-11-16-10-20(34(3)4)18-8-15-9-19-24(35(5)6)27(38)23(30(32)41)29(40)31(19,42)28(39)21(15)26(37)22(18)25(16)36/h7,10,15,19,21,23-24,33,36,42H,8-9,11-12H2,1-6H3,(H2,32,41)/t15-,19-,21?,23?,24-,31-/m0/s1. The molecule has 2 fully saturated rings. The van der Waals surface area contributed by atoms with Gasteiger partial charge in [0.2, 0.25) is 5.91 Å². The van der Waals surface area contributed by atoms with Crippen molar-refractivity contribution in [1.82, 2.24) is 10.2 Å². The number of nitrogens with one attached hydrogen (secondary N) is 1. The second-order valence-corrected chi connectivity index (χ2v) is 12.5. The molecule has 2 unspecified atom stereocenters. The Balaban J connectivity index is 1.55. The molecule has 0 aliphatic heterocycles. The van der Waals surface area contributed by atoms with E-state index in [9.17, 15) is 34.2 Å². The van der Waals surface area contributed by atoms with Crippen LogP contribution in [0.5, 0.6) is 5.75 Å². The SMILES string of the molecule is Cc1cc(CNCc2cc(N(C)C)c3c(c2O)C(=O)C2C(=O)[C@]4(O)C(=O)C(C(N)=O)C(=O)[C@@H](N(C)C)[C@@H]4C[C@@H]2C3)oc1C. The molecule has 1 aromatic heterocycles. The first-order valence-corrected chi connectivity index (χ1v) is 14.3. The molecule has 12 heteroatoms. The Morgan fingerprint density at radius 1 is 1.09 bits per heavy atom. The summed E-state index contributed by atoms with van der Waals surface area (Å²) in [5.41, 5.74) is 5.29. The molecule has 0 bridgehead atoms. The van der Waals surface area contributed by atoms with Crippen molar-refractivity contribution in [3.05, 3.63) is 45.9 Å². The van der Waals surface area contributed by atoms with Crippen LogP contribution in [0.2, 0.25) is 0 Å². The summed E-state index contributed by atoms with van der Waals surface area (Å²) < 4.78 is 5.71. The van der Waals surface area contributed by atoms with Gasteiger partial charge in [0.25, 0.3) is 0 Å². The summed E-state index contributed by atoms with van der Waals surface area (Å²) in [6, 6.07) is 2.57. The van der Waals surface area contributed by atoms with Crippen molar-refractivity contribution in [1.29, 1.82) is 0 Å². The summed E-state index contributed by atoms with van der Waals surface area (Å²) in [5.74, 6) is -9.08. The number of hydrogen-bond donors (Lipinski definition) is 4. The molecule has 1 heterocycles. The van der Waals surface area contributed by atoms with Gasteiger partial charge >= 0.3 is 0 Å². The number of primary amides is 1. The lowest BCUT2D eigenvalue weighted by Gasteiger charge is -2.52. The number of aryl methyl sites for hydroxylation is 2. The first-order valence-electron chi connectivity index (χ1n) is 14.3. The van der Waals surface area contributed by atoms with Crippen LogP contribution in [0.4, 0.5) is 5.69 Å². The molecular weight excluding hydrogens is 556 g/mol. The van der Waals surface area contributed by atoms with Crippen LogP contribution in [0.15, 0.2) is 16.5 Å². The number of benzene rings is 1. The average Bonchev–Trinajstić information content (AvgIpc) is 3.23. The van der Waals surface area contributed by atoms with Crippen LogP contribution in [-0.4, -0.2) is 84.0 Å². The highest BCUT2D eigenvalue weighted by Crippen LogP contribution is 2.52. The van der Waals surface area contributed by atoms with Gasteiger partial charge in [-0.05, 0) is 70.0 Å². The molecule has 5 rings (SSSR count). The van der Waals surface area contributed by atoms with Gasteiger partial charge in [0.1, 0.15) is 17.3 Å². The van der Waals surface area contributed by atoms with E-state index in [1.165, 1.54) is 4.90 Å². The fourth-order valence-corrected chi connectivity index (χ4v) is 7.30. The number of likely N-dealkylation sites (N-methyl/N-ethyl adjacent to an activating group) is 1. The Labute approximate surface area is 249 Å². The lowest BCUT2D eigenvalue weighted by Crippen LogP contribution is -2.74. The monoisotopic (exact) mass is 594 g/mol. The second kappa shape index (κ2) is 10.7. The third kappa shape index (κ3) is 4.59. The van der Waals surface area contributed by atoms with Gasteiger partial charge < -0.3 is 30.6 Å². The second-order valence-electron chi connectivity index (χ2n) is 12.5. The number of rotatable bonds is 7. The van der Waals surface area contributed by atoms with E-state index in [1.54, 1.807) is 20.2 Å². The molecule has 43 heavy (non-hydrogen) atoms. The van der Waals surface area contributed by atoms with Crippen molar-refractivity contribution in [3.8, 4) is 5.75 Å². The van der Waals surface area contributed by atoms with Gasteiger partial charge in [-0.25, -0.2) is 0 Å². The van der Waals surface area contributed by atoms with Gasteiger partial charge in [-0.15, -0.1) is 0 Å². The summed E-state index contributed by atoms with van der Waals surface area (Å²) in [4.78, 5) is 70.4. The summed E-state index contributed by atoms with van der Waals surface area (Å²) in [5, 5.41) is 26.4. The number of fused-ring (bicyclic) bond motifs is 3. The number of anilines is 1. The fraction of sp³-hybridized carbons (Fsp3) is 0.516. The molecule has 12 nitrogen and oxygen atoms in total. The zero-order chi connectivity index (χ0) is 31.7. The molecular formula is C31H38N4O8. The number of amides is 1. The number of nitrogens with zero attached hydrogens (tertiary/aromatic N) is 2. The van der Waals surface area contributed by atoms with Crippen LogP contribution in [0.1, 0.15) is 45.0 Å². The molecule has 230 valence electrons. The van der Waals surface area contributed by atoms with Crippen molar-refractivity contribution in [3.63, 3.8) is 0 Å². The molecule has 3 aliphatic carbocycles. The van der Waals surface area contributed by atoms with E-state index in [2.05, 4.69) is 5.32 Å². The normalized spacial score (nSPS) is 28.5. The lowest BCUT2D eigenvalue weighted by atomic mass is 9.52. The first kappa shape index (κ1) is 30.6. The van der Waals surface area contributed by atoms with Crippen molar-refractivity contribution in [2.24, 2.45) is 29.4 Å². The molecule has 1 aromatic carbocycles. The van der Waals surface area contributed by atoms with Crippen molar-refractivity contribution >= 4 is 34.7 Å². The maximum atomic E-state index is 14.1. The number of hydrogen-bond acceptors (Lipinski definition) is 11. The minimum Gasteiger partial charge on any atom is -0.507 e. The van der Waals surface area contributed by atoms with Crippen LogP contribution >= 0.6 is 0 Å². The number of carbonyl (C=O) groups excluding carboxylic acids is 5. The molecule has 3 aliphatic rings. The van der Waals surface area contributed by atoms with E-state index < -0.39 is 64.4 Å². The van der Waals surface area contributed by atoms with Gasteiger partial charge in [-0.1, -0.05) is 0 Å². The minimum absolute atomic E-state index is 0.00279. The van der Waals surface area contributed by atoms with Gasteiger partial charge in [0.15, 0.2) is 34.7 Å². The van der Waals surface area contributed by atoms with Crippen molar-refractivity contribution in [2.45, 2.75) is 51.4 Å². The van der Waals surface area contributed by atoms with E-state index in [0.717, 1.165) is 17.1 Å². The lowest BCUT2D eigenvalue weighted by molar-refractivity contribution is -0.181. The molecule has 1 amide bonds. The van der Waals surface area contributed by atoms with Crippen LogP contribution in [-0.2, 0) is 38.7 Å². The number of Topliss-reactive ketones (excluding diaryl/α,β-unsaturated/α-hetero) is 4. The molecule has 0 saturated heterocycles. The molecule has 5 N–H and O–H groups in total. The molecule has 0 spiro atoms. The maximum absolute atomic E-state index is 14.1. The highest BCUT2D eigenvalue weighted by molar-refractivity contribution is 6.32. The third-order valence-electron chi connectivity index (χ3n) is 9.43. The highest BCUT2D eigenvalue weighted by Gasteiger charge is 2.69. The zero-order valence-electron chi connectivity index (χ0n) is 25.2. The number of furan rings is 1. The Bertz CT molecular complexity index is 1540. The zero-order valence-corrected chi connectivity index (χ0v) is 25.2. The summed E-state index contributed by atoms with van der Waals surface area (Å²) in [6.45, 7) is 4.38. The predicted molar refractivity (Wildman–Crippen MR) is 154 cm³/mol. The summed E-state index contributed by atoms with van der Waals surface area (Å²) in [6.07, 6.45) is 0.203. The van der Waals surface area contributed by atoms with Crippen LogP contribution in [0, 0.1) is 37.5 Å². The van der Waals surface area contributed by atoms with Gasteiger partial charge in [0, 0.05) is 37.8 Å². The third-order valence-corrected chi connectivity index (χ3v) is 9.43. The van der Waals surface area contributed by atoms with E-state index in [1.807, 2.05) is 38.9 Å². The summed E-state index contributed by atoms with van der Waals surface area (Å²) >= 11 is 0. The topological polar surface area (TPSA) is 183 Å². The van der Waals surface area contributed by atoms with Gasteiger partial charge in [-0.2, -0.15) is 0 Å². The van der Waals surface area contributed by atoms with E-state index in [0.29, 0.717) is 23.4 Å². The molecule has 6 atom stereocenters. The number of aromatic hydroxyl groups is 1.